The SMILES string of the molecule is Cc1cc(C)c(NN2C=CC=C3CCCCC=C32)c(C2CCCCC2)c1. The topological polar surface area (TPSA) is 15.3 Å². The quantitative estimate of drug-likeness (QED) is 0.639. The number of fused-ring (bicyclic) bond motifs is 1. The molecule has 0 spiro atoms. The lowest BCUT2D eigenvalue weighted by atomic mass is 9.82. The van der Waals surface area contributed by atoms with E-state index in [4.69, 9.17) is 0 Å². The van der Waals surface area contributed by atoms with Gasteiger partial charge < -0.3 is 0 Å². The van der Waals surface area contributed by atoms with E-state index in [1.165, 1.54) is 91.4 Å². The Morgan fingerprint density at radius 3 is 2.69 bits per heavy atom. The molecule has 1 fully saturated rings. The Bertz CT molecular complexity index is 748. The molecular weight excluding hydrogens is 316 g/mol. The highest BCUT2D eigenvalue weighted by atomic mass is 15.5. The summed E-state index contributed by atoms with van der Waals surface area (Å²) in [6.45, 7) is 4.49. The summed E-state index contributed by atoms with van der Waals surface area (Å²) in [5.41, 5.74) is 12.3. The van der Waals surface area contributed by atoms with E-state index in [2.05, 4.69) is 60.8 Å². The zero-order valence-corrected chi connectivity index (χ0v) is 16.4. The highest BCUT2D eigenvalue weighted by molar-refractivity contribution is 5.61. The molecule has 2 heteroatoms. The van der Waals surface area contributed by atoms with E-state index < -0.39 is 0 Å². The van der Waals surface area contributed by atoms with Gasteiger partial charge in [-0.15, -0.1) is 0 Å². The standard InChI is InChI=1S/C24H32N2/c1-18-16-19(2)24(22(17-18)20-10-5-3-6-11-20)25-26-15-9-13-21-12-7-4-8-14-23(21)26/h9,13-17,20,25H,3-8,10-12H2,1-2H3. The van der Waals surface area contributed by atoms with Gasteiger partial charge in [0.15, 0.2) is 0 Å². The maximum absolute atomic E-state index is 3.81. The van der Waals surface area contributed by atoms with Crippen molar-refractivity contribution in [2.45, 2.75) is 77.6 Å². The molecular formula is C24H32N2. The fourth-order valence-corrected chi connectivity index (χ4v) is 4.81. The Hall–Kier alpha value is -1.96. The summed E-state index contributed by atoms with van der Waals surface area (Å²) >= 11 is 0. The van der Waals surface area contributed by atoms with Gasteiger partial charge in [-0.05, 0) is 81.1 Å². The zero-order valence-electron chi connectivity index (χ0n) is 16.4. The van der Waals surface area contributed by atoms with Gasteiger partial charge in [-0.3, -0.25) is 10.4 Å². The molecule has 1 aromatic rings. The van der Waals surface area contributed by atoms with Crippen molar-refractivity contribution in [3.63, 3.8) is 0 Å². The van der Waals surface area contributed by atoms with Crippen LogP contribution < -0.4 is 5.43 Å². The predicted octanol–water partition coefficient (Wildman–Crippen LogP) is 6.89. The Balaban J connectivity index is 1.66. The second-order valence-corrected chi connectivity index (χ2v) is 8.23. The van der Waals surface area contributed by atoms with E-state index in [-0.39, 0.29) is 0 Å². The summed E-state index contributed by atoms with van der Waals surface area (Å²) in [6, 6.07) is 4.75. The van der Waals surface area contributed by atoms with Crippen LogP contribution in [-0.2, 0) is 0 Å². The molecule has 0 aromatic heterocycles. The van der Waals surface area contributed by atoms with Crippen LogP contribution in [0.15, 0.2) is 47.8 Å². The van der Waals surface area contributed by atoms with Gasteiger partial charge >= 0.3 is 0 Å². The van der Waals surface area contributed by atoms with Gasteiger partial charge in [0.25, 0.3) is 0 Å². The molecule has 0 saturated heterocycles. The number of nitrogens with one attached hydrogen (secondary N) is 1. The van der Waals surface area contributed by atoms with E-state index in [1.54, 1.807) is 0 Å². The fraction of sp³-hybridized carbons (Fsp3) is 0.500. The lowest BCUT2D eigenvalue weighted by Crippen LogP contribution is -2.27. The minimum atomic E-state index is 0.705. The first kappa shape index (κ1) is 17.5. The average molecular weight is 349 g/mol. The Morgan fingerprint density at radius 2 is 1.85 bits per heavy atom. The van der Waals surface area contributed by atoms with Gasteiger partial charge in [0.05, 0.1) is 11.4 Å². The molecule has 1 aliphatic heterocycles. The van der Waals surface area contributed by atoms with Crippen LogP contribution >= 0.6 is 0 Å². The molecule has 0 amide bonds. The predicted molar refractivity (Wildman–Crippen MR) is 111 cm³/mol. The second kappa shape index (κ2) is 7.73. The minimum Gasteiger partial charge on any atom is -0.294 e. The van der Waals surface area contributed by atoms with Crippen molar-refractivity contribution in [1.82, 2.24) is 5.01 Å². The van der Waals surface area contributed by atoms with Gasteiger partial charge in [-0.25, -0.2) is 0 Å². The molecule has 0 radical (unpaired) electrons. The molecule has 26 heavy (non-hydrogen) atoms. The molecule has 4 rings (SSSR count). The average Bonchev–Trinajstić information content (AvgIpc) is 2.90. The number of hydrazine groups is 1. The van der Waals surface area contributed by atoms with E-state index in [9.17, 15) is 0 Å². The summed E-state index contributed by atoms with van der Waals surface area (Å²) < 4.78 is 0. The highest BCUT2D eigenvalue weighted by Crippen LogP contribution is 2.39. The summed E-state index contributed by atoms with van der Waals surface area (Å²) in [5, 5.41) is 2.27. The maximum atomic E-state index is 3.81. The van der Waals surface area contributed by atoms with Crippen LogP contribution in [0, 0.1) is 13.8 Å². The van der Waals surface area contributed by atoms with Crippen LogP contribution in [0.1, 0.15) is 80.4 Å². The monoisotopic (exact) mass is 348 g/mol. The molecule has 1 aromatic carbocycles. The van der Waals surface area contributed by atoms with Gasteiger partial charge in [-0.1, -0.05) is 49.1 Å². The molecule has 1 saturated carbocycles. The normalized spacial score (nSPS) is 20.9. The van der Waals surface area contributed by atoms with Crippen molar-refractivity contribution in [2.75, 3.05) is 5.43 Å². The van der Waals surface area contributed by atoms with Crippen molar-refractivity contribution in [2.24, 2.45) is 0 Å². The van der Waals surface area contributed by atoms with Crippen molar-refractivity contribution in [3.8, 4) is 0 Å². The van der Waals surface area contributed by atoms with Gasteiger partial charge in [0.2, 0.25) is 0 Å². The molecule has 0 unspecified atom stereocenters. The number of hydrogen-bond donors (Lipinski definition) is 1. The lowest BCUT2D eigenvalue weighted by Gasteiger charge is -2.33. The summed E-state index contributed by atoms with van der Waals surface area (Å²) in [5.74, 6) is 0.705. The molecule has 2 nitrogen and oxygen atoms in total. The van der Waals surface area contributed by atoms with E-state index in [0.29, 0.717) is 5.92 Å². The first-order valence-corrected chi connectivity index (χ1v) is 10.5. The Kier molecular flexibility index (Phi) is 5.19. The molecule has 0 bridgehead atoms. The summed E-state index contributed by atoms with van der Waals surface area (Å²) in [4.78, 5) is 0. The van der Waals surface area contributed by atoms with Crippen LogP contribution in [0.3, 0.4) is 0 Å². The van der Waals surface area contributed by atoms with Crippen LogP contribution in [0.25, 0.3) is 0 Å². The molecule has 1 N–H and O–H groups in total. The number of anilines is 1. The van der Waals surface area contributed by atoms with E-state index in [1.807, 2.05) is 0 Å². The largest absolute Gasteiger partial charge is 0.294 e. The highest BCUT2D eigenvalue weighted by Gasteiger charge is 2.23. The number of hydrogen-bond acceptors (Lipinski definition) is 2. The Labute approximate surface area is 158 Å². The fourth-order valence-electron chi connectivity index (χ4n) is 4.81. The zero-order chi connectivity index (χ0) is 17.9. The number of allylic oxidation sites excluding steroid dienone is 4. The third kappa shape index (κ3) is 3.60. The molecule has 3 aliphatic rings. The second-order valence-electron chi connectivity index (χ2n) is 8.23. The first-order chi connectivity index (χ1) is 12.7. The lowest BCUT2D eigenvalue weighted by molar-refractivity contribution is 0.442. The van der Waals surface area contributed by atoms with Gasteiger partial charge in [0.1, 0.15) is 0 Å². The number of benzene rings is 1. The van der Waals surface area contributed by atoms with Crippen molar-refractivity contribution in [3.05, 3.63) is 64.5 Å². The third-order valence-corrected chi connectivity index (χ3v) is 6.15. The molecule has 2 aliphatic carbocycles. The van der Waals surface area contributed by atoms with E-state index >= 15 is 0 Å². The van der Waals surface area contributed by atoms with Crippen molar-refractivity contribution < 1.29 is 0 Å². The Morgan fingerprint density at radius 1 is 1.00 bits per heavy atom. The summed E-state index contributed by atoms with van der Waals surface area (Å²) in [7, 11) is 0. The molecule has 138 valence electrons. The van der Waals surface area contributed by atoms with Crippen LogP contribution in [-0.4, -0.2) is 5.01 Å². The van der Waals surface area contributed by atoms with Crippen LogP contribution in [0.5, 0.6) is 0 Å². The summed E-state index contributed by atoms with van der Waals surface area (Å²) in [6.07, 6.45) is 20.9. The van der Waals surface area contributed by atoms with Gasteiger partial charge in [-0.2, -0.15) is 0 Å². The number of nitrogens with zero attached hydrogens (tertiary/aromatic N) is 1. The smallest absolute Gasteiger partial charge is 0.0615 e. The number of rotatable bonds is 3. The molecule has 0 atom stereocenters. The van der Waals surface area contributed by atoms with Crippen molar-refractivity contribution >= 4 is 5.69 Å². The van der Waals surface area contributed by atoms with E-state index in [0.717, 1.165) is 0 Å². The van der Waals surface area contributed by atoms with Crippen LogP contribution in [0.2, 0.25) is 0 Å². The maximum Gasteiger partial charge on any atom is 0.0615 e. The van der Waals surface area contributed by atoms with Crippen molar-refractivity contribution in [1.29, 1.82) is 0 Å². The van der Waals surface area contributed by atoms with Crippen LogP contribution in [0.4, 0.5) is 5.69 Å². The van der Waals surface area contributed by atoms with Gasteiger partial charge in [0, 0.05) is 6.20 Å². The number of aryl methyl sites for hydroxylation is 2. The molecule has 1 heterocycles. The first-order valence-electron chi connectivity index (χ1n) is 10.5. The third-order valence-electron chi connectivity index (χ3n) is 6.15. The minimum absolute atomic E-state index is 0.705.